The van der Waals surface area contributed by atoms with Crippen molar-refractivity contribution in [2.75, 3.05) is 23.9 Å². The lowest BCUT2D eigenvalue weighted by molar-refractivity contribution is -0.120. The molecule has 0 spiro atoms. The van der Waals surface area contributed by atoms with Crippen LogP contribution in [0.1, 0.15) is 19.4 Å². The van der Waals surface area contributed by atoms with E-state index < -0.39 is 0 Å². The van der Waals surface area contributed by atoms with Gasteiger partial charge in [0.25, 0.3) is 0 Å². The first-order valence-corrected chi connectivity index (χ1v) is 7.85. The van der Waals surface area contributed by atoms with Crippen LogP contribution in [0.2, 0.25) is 0 Å². The van der Waals surface area contributed by atoms with E-state index in [1.54, 1.807) is 18.2 Å². The molecule has 0 aliphatic rings. The number of anilines is 2. The van der Waals surface area contributed by atoms with Crippen LogP contribution in [0.15, 0.2) is 48.5 Å². The summed E-state index contributed by atoms with van der Waals surface area (Å²) in [7, 11) is 1.53. The Kier molecular flexibility index (Phi) is 5.95. The van der Waals surface area contributed by atoms with Gasteiger partial charge in [0.05, 0.1) is 12.8 Å². The normalized spacial score (nSPS) is 10.1. The van der Waals surface area contributed by atoms with E-state index in [0.29, 0.717) is 17.1 Å². The fourth-order valence-corrected chi connectivity index (χ4v) is 2.39. The Morgan fingerprint density at radius 3 is 2.33 bits per heavy atom. The molecule has 5 nitrogen and oxygen atoms in total. The second kappa shape index (κ2) is 8.15. The highest BCUT2D eigenvalue weighted by molar-refractivity contribution is 6.02. The summed E-state index contributed by atoms with van der Waals surface area (Å²) in [6, 6.07) is 14.8. The summed E-state index contributed by atoms with van der Waals surface area (Å²) < 4.78 is 5.28. The van der Waals surface area contributed by atoms with Crippen molar-refractivity contribution >= 4 is 23.2 Å². The predicted molar refractivity (Wildman–Crippen MR) is 95.5 cm³/mol. The van der Waals surface area contributed by atoms with Crippen molar-refractivity contribution in [1.29, 1.82) is 0 Å². The summed E-state index contributed by atoms with van der Waals surface area (Å²) in [5, 5.41) is 2.81. The third kappa shape index (κ3) is 4.35. The summed E-state index contributed by atoms with van der Waals surface area (Å²) in [6.45, 7) is 3.42. The molecule has 126 valence electrons. The molecule has 0 atom stereocenters. The van der Waals surface area contributed by atoms with Gasteiger partial charge >= 0.3 is 0 Å². The van der Waals surface area contributed by atoms with E-state index in [4.69, 9.17) is 4.74 Å². The molecule has 0 bridgehead atoms. The van der Waals surface area contributed by atoms with Gasteiger partial charge in [0.1, 0.15) is 12.3 Å². The number of nitrogens with zero attached hydrogens (tertiary/aromatic N) is 1. The maximum atomic E-state index is 12.3. The van der Waals surface area contributed by atoms with Gasteiger partial charge in [-0.2, -0.15) is 0 Å². The Labute approximate surface area is 142 Å². The van der Waals surface area contributed by atoms with Gasteiger partial charge in [0.2, 0.25) is 11.8 Å². The number of carbonyl (C=O) groups is 2. The Morgan fingerprint density at radius 2 is 1.75 bits per heavy atom. The standard InChI is InChI=1S/C19H22N2O3/c1-4-15-9-11-16(12-10-15)20-19(23)13-21(14(2)22)17-7-5-6-8-18(17)24-3/h5-12H,4,13H2,1-3H3,(H,20,23). The number of hydrogen-bond acceptors (Lipinski definition) is 3. The molecule has 2 amide bonds. The third-order valence-corrected chi connectivity index (χ3v) is 3.70. The van der Waals surface area contributed by atoms with Crippen LogP contribution in [0.25, 0.3) is 0 Å². The summed E-state index contributed by atoms with van der Waals surface area (Å²) in [6.07, 6.45) is 0.945. The van der Waals surface area contributed by atoms with Gasteiger partial charge < -0.3 is 10.1 Å². The molecule has 0 radical (unpaired) electrons. The number of benzene rings is 2. The van der Waals surface area contributed by atoms with Crippen LogP contribution >= 0.6 is 0 Å². The highest BCUT2D eigenvalue weighted by Crippen LogP contribution is 2.27. The quantitative estimate of drug-likeness (QED) is 0.886. The molecule has 0 fully saturated rings. The second-order valence-corrected chi connectivity index (χ2v) is 5.38. The third-order valence-electron chi connectivity index (χ3n) is 3.70. The number of nitrogens with one attached hydrogen (secondary N) is 1. The zero-order chi connectivity index (χ0) is 17.5. The van der Waals surface area contributed by atoms with E-state index in [9.17, 15) is 9.59 Å². The average molecular weight is 326 g/mol. The zero-order valence-electron chi connectivity index (χ0n) is 14.2. The molecular weight excluding hydrogens is 304 g/mol. The van der Waals surface area contributed by atoms with Crippen LogP contribution in [0.3, 0.4) is 0 Å². The zero-order valence-corrected chi connectivity index (χ0v) is 14.2. The largest absolute Gasteiger partial charge is 0.495 e. The predicted octanol–water partition coefficient (Wildman–Crippen LogP) is 3.25. The highest BCUT2D eigenvalue weighted by Gasteiger charge is 2.19. The summed E-state index contributed by atoms with van der Waals surface area (Å²) in [4.78, 5) is 25.7. The number of rotatable bonds is 6. The number of carbonyl (C=O) groups excluding carboxylic acids is 2. The first kappa shape index (κ1) is 17.5. The van der Waals surface area contributed by atoms with Crippen molar-refractivity contribution in [3.8, 4) is 5.75 Å². The SMILES string of the molecule is CCc1ccc(NC(=O)CN(C(C)=O)c2ccccc2OC)cc1. The molecule has 0 unspecified atom stereocenters. The lowest BCUT2D eigenvalue weighted by Gasteiger charge is -2.22. The van der Waals surface area contributed by atoms with Gasteiger partial charge in [-0.1, -0.05) is 31.2 Å². The maximum absolute atomic E-state index is 12.3. The number of methoxy groups -OCH3 is 1. The van der Waals surface area contributed by atoms with E-state index in [0.717, 1.165) is 6.42 Å². The molecule has 0 heterocycles. The molecule has 0 aromatic heterocycles. The van der Waals surface area contributed by atoms with Crippen molar-refractivity contribution in [2.24, 2.45) is 0 Å². The Hall–Kier alpha value is -2.82. The molecule has 2 rings (SSSR count). The van der Waals surface area contributed by atoms with Crippen LogP contribution in [0.5, 0.6) is 5.75 Å². The Balaban J connectivity index is 2.12. The van der Waals surface area contributed by atoms with E-state index in [2.05, 4.69) is 12.2 Å². The first-order chi connectivity index (χ1) is 11.5. The Morgan fingerprint density at radius 1 is 1.08 bits per heavy atom. The van der Waals surface area contributed by atoms with Gasteiger partial charge in [-0.05, 0) is 36.2 Å². The topological polar surface area (TPSA) is 58.6 Å². The van der Waals surface area contributed by atoms with Crippen molar-refractivity contribution in [1.82, 2.24) is 0 Å². The minimum Gasteiger partial charge on any atom is -0.495 e. The lowest BCUT2D eigenvalue weighted by Crippen LogP contribution is -2.36. The van der Waals surface area contributed by atoms with E-state index in [1.807, 2.05) is 30.3 Å². The molecule has 0 aliphatic carbocycles. The van der Waals surface area contributed by atoms with E-state index >= 15 is 0 Å². The van der Waals surface area contributed by atoms with Crippen molar-refractivity contribution in [3.05, 3.63) is 54.1 Å². The van der Waals surface area contributed by atoms with E-state index in [-0.39, 0.29) is 18.4 Å². The maximum Gasteiger partial charge on any atom is 0.244 e. The van der Waals surface area contributed by atoms with Crippen LogP contribution in [0.4, 0.5) is 11.4 Å². The van der Waals surface area contributed by atoms with Crippen LogP contribution in [-0.2, 0) is 16.0 Å². The van der Waals surface area contributed by atoms with Gasteiger partial charge in [-0.3, -0.25) is 14.5 Å². The first-order valence-electron chi connectivity index (χ1n) is 7.85. The highest BCUT2D eigenvalue weighted by atomic mass is 16.5. The minimum atomic E-state index is -0.264. The van der Waals surface area contributed by atoms with Gasteiger partial charge in [0, 0.05) is 12.6 Å². The number of para-hydroxylation sites is 2. The van der Waals surface area contributed by atoms with Gasteiger partial charge in [-0.25, -0.2) is 0 Å². The fraction of sp³-hybridized carbons (Fsp3) is 0.263. The molecule has 5 heteroatoms. The summed E-state index contributed by atoms with van der Waals surface area (Å²) in [5.74, 6) is 0.0594. The molecule has 1 N–H and O–H groups in total. The van der Waals surface area contributed by atoms with Gasteiger partial charge in [-0.15, -0.1) is 0 Å². The van der Waals surface area contributed by atoms with E-state index in [1.165, 1.54) is 24.5 Å². The molecular formula is C19H22N2O3. The number of aryl methyl sites for hydroxylation is 1. The summed E-state index contributed by atoms with van der Waals surface area (Å²) in [5.41, 5.74) is 2.48. The van der Waals surface area contributed by atoms with Crippen molar-refractivity contribution in [3.63, 3.8) is 0 Å². The molecule has 0 saturated heterocycles. The minimum absolute atomic E-state index is 0.0781. The number of amides is 2. The van der Waals surface area contributed by atoms with Crippen LogP contribution < -0.4 is 15.0 Å². The number of ether oxygens (including phenoxy) is 1. The Bertz CT molecular complexity index is 711. The van der Waals surface area contributed by atoms with Crippen LogP contribution in [-0.4, -0.2) is 25.5 Å². The number of hydrogen-bond donors (Lipinski definition) is 1. The molecule has 24 heavy (non-hydrogen) atoms. The monoisotopic (exact) mass is 326 g/mol. The van der Waals surface area contributed by atoms with Crippen molar-refractivity contribution in [2.45, 2.75) is 20.3 Å². The average Bonchev–Trinajstić information content (AvgIpc) is 2.60. The fourth-order valence-electron chi connectivity index (χ4n) is 2.39. The smallest absolute Gasteiger partial charge is 0.244 e. The molecule has 0 saturated carbocycles. The lowest BCUT2D eigenvalue weighted by atomic mass is 10.1. The summed E-state index contributed by atoms with van der Waals surface area (Å²) >= 11 is 0. The second-order valence-electron chi connectivity index (χ2n) is 5.38. The molecule has 2 aromatic rings. The van der Waals surface area contributed by atoms with Gasteiger partial charge in [0.15, 0.2) is 0 Å². The van der Waals surface area contributed by atoms with Crippen molar-refractivity contribution < 1.29 is 14.3 Å². The molecule has 2 aromatic carbocycles. The van der Waals surface area contributed by atoms with Crippen LogP contribution in [0, 0.1) is 0 Å². The molecule has 0 aliphatic heterocycles.